The van der Waals surface area contributed by atoms with E-state index >= 15 is 0 Å². The van der Waals surface area contributed by atoms with Crippen LogP contribution in [0.3, 0.4) is 0 Å². The number of likely N-dealkylation sites (tertiary alicyclic amines) is 2. The van der Waals surface area contributed by atoms with E-state index in [1.807, 2.05) is 0 Å². The number of carbonyl (C=O) groups is 2. The predicted molar refractivity (Wildman–Crippen MR) is 187 cm³/mol. The van der Waals surface area contributed by atoms with Crippen molar-refractivity contribution in [3.8, 4) is 0 Å². The Morgan fingerprint density at radius 2 is 1.89 bits per heavy atom. The lowest BCUT2D eigenvalue weighted by molar-refractivity contribution is -0.146. The molecule has 6 rings (SSSR count). The van der Waals surface area contributed by atoms with Gasteiger partial charge in [-0.1, -0.05) is 32.6 Å². The van der Waals surface area contributed by atoms with Gasteiger partial charge in [0.05, 0.1) is 44.9 Å². The van der Waals surface area contributed by atoms with Gasteiger partial charge in [-0.2, -0.15) is 5.10 Å². The molecule has 0 bridgehead atoms. The summed E-state index contributed by atoms with van der Waals surface area (Å²) in [7, 11) is 0.972. The molecule has 10 nitrogen and oxygen atoms in total. The van der Waals surface area contributed by atoms with Crippen molar-refractivity contribution in [2.24, 2.45) is 11.8 Å². The maximum Gasteiger partial charge on any atom is 0.314 e. The van der Waals surface area contributed by atoms with Crippen molar-refractivity contribution in [1.29, 1.82) is 0 Å². The summed E-state index contributed by atoms with van der Waals surface area (Å²) in [4.78, 5) is 40.9. The highest BCUT2D eigenvalue weighted by atomic mass is 32.1. The molecule has 2 fully saturated rings. The van der Waals surface area contributed by atoms with Crippen LogP contribution in [0.25, 0.3) is 21.1 Å². The maximum absolute atomic E-state index is 13.8. The average molecular weight is 662 g/mol. The molecule has 3 aromatic heterocycles. The molecule has 1 N–H and O–H groups in total. The topological polar surface area (TPSA) is 105 Å². The molecule has 2 amide bonds. The number of amides is 2. The number of anilines is 1. The second-order valence-electron chi connectivity index (χ2n) is 14.5. The highest BCUT2D eigenvalue weighted by molar-refractivity contribution is 7.18. The van der Waals surface area contributed by atoms with Crippen LogP contribution in [0.15, 0.2) is 36.8 Å². The standard InChI is InChI=1S/C34H47N7O3SSi/c1-23-6-8-29(25-7-9-30-27(17-25)37-31(45-30)16-24-10-12-39(2)13-11-24)40(21-23)34(43)33(42)38-28-20-35-18-26-19-36-41(32(26)28)22-44-14-15-46(3,4)5/h7,9,17-20,23-24,29H,6,8,10-16,21-22H2,1-5H3,(H,38,42)/t23-,29+/m0/s1. The maximum atomic E-state index is 13.8. The molecule has 0 aliphatic carbocycles. The van der Waals surface area contributed by atoms with Crippen LogP contribution in [0.1, 0.15) is 49.2 Å². The largest absolute Gasteiger partial charge is 0.360 e. The molecule has 0 saturated carbocycles. The minimum absolute atomic E-state index is 0.183. The van der Waals surface area contributed by atoms with Crippen LogP contribution in [0.4, 0.5) is 5.69 Å². The Bertz CT molecular complexity index is 1690. The van der Waals surface area contributed by atoms with Crippen LogP contribution in [0.2, 0.25) is 25.7 Å². The first kappa shape index (κ1) is 32.7. The summed E-state index contributed by atoms with van der Waals surface area (Å²) >= 11 is 1.78. The smallest absolute Gasteiger partial charge is 0.314 e. The number of hydrogen-bond donors (Lipinski definition) is 1. The van der Waals surface area contributed by atoms with Crippen LogP contribution < -0.4 is 5.32 Å². The zero-order valence-corrected chi connectivity index (χ0v) is 29.6. The number of rotatable bonds is 9. The second-order valence-corrected chi connectivity index (χ2v) is 21.2. The van der Waals surface area contributed by atoms with E-state index in [0.29, 0.717) is 36.2 Å². The molecule has 5 heterocycles. The number of thiazole rings is 1. The number of ether oxygens (including phenoxy) is 1. The van der Waals surface area contributed by atoms with Gasteiger partial charge in [0.25, 0.3) is 0 Å². The Labute approximate surface area is 276 Å². The molecule has 0 unspecified atom stereocenters. The SMILES string of the molecule is C[C@H]1CC[C@H](c2ccc3sc(CC4CCN(C)CC4)nc3c2)N(C(=O)C(=O)Nc2cncc3cnn(COCC[Si](C)(C)C)c23)C1. The molecule has 1 aromatic carbocycles. The Hall–Kier alpha value is -3.19. The van der Waals surface area contributed by atoms with E-state index in [1.54, 1.807) is 39.5 Å². The normalized spacial score (nSPS) is 20.1. The minimum Gasteiger partial charge on any atom is -0.360 e. The number of hydrogen-bond acceptors (Lipinski definition) is 8. The van der Waals surface area contributed by atoms with E-state index in [-0.39, 0.29) is 12.8 Å². The number of piperidine rings is 2. The molecule has 2 atom stereocenters. The average Bonchev–Trinajstić information content (AvgIpc) is 3.63. The summed E-state index contributed by atoms with van der Waals surface area (Å²) < 4.78 is 8.83. The van der Waals surface area contributed by atoms with Crippen LogP contribution in [0.5, 0.6) is 0 Å². The Morgan fingerprint density at radius 1 is 1.09 bits per heavy atom. The fourth-order valence-electron chi connectivity index (χ4n) is 6.59. The third-order valence-electron chi connectivity index (χ3n) is 9.41. The number of aromatic nitrogens is 4. The third-order valence-corrected chi connectivity index (χ3v) is 12.2. The number of nitrogens with zero attached hydrogens (tertiary/aromatic N) is 6. The van der Waals surface area contributed by atoms with E-state index in [4.69, 9.17) is 9.72 Å². The molecule has 2 saturated heterocycles. The van der Waals surface area contributed by atoms with E-state index in [0.717, 1.165) is 54.9 Å². The number of pyridine rings is 1. The summed E-state index contributed by atoms with van der Waals surface area (Å²) in [5.41, 5.74) is 3.16. The van der Waals surface area contributed by atoms with Gasteiger partial charge in [-0.05, 0) is 81.4 Å². The van der Waals surface area contributed by atoms with Crippen LogP contribution >= 0.6 is 11.3 Å². The molecule has 12 heteroatoms. The summed E-state index contributed by atoms with van der Waals surface area (Å²) in [6.45, 7) is 12.8. The van der Waals surface area contributed by atoms with Gasteiger partial charge in [-0.25, -0.2) is 9.67 Å². The van der Waals surface area contributed by atoms with Gasteiger partial charge in [-0.3, -0.25) is 14.6 Å². The molecule has 4 aromatic rings. The van der Waals surface area contributed by atoms with Crippen molar-refractivity contribution >= 4 is 58.0 Å². The summed E-state index contributed by atoms with van der Waals surface area (Å²) in [5, 5.41) is 9.30. The van der Waals surface area contributed by atoms with E-state index in [9.17, 15) is 9.59 Å². The van der Waals surface area contributed by atoms with Gasteiger partial charge in [0.1, 0.15) is 6.73 Å². The van der Waals surface area contributed by atoms with E-state index in [2.05, 4.69) is 72.1 Å². The van der Waals surface area contributed by atoms with Gasteiger partial charge >= 0.3 is 11.8 Å². The van der Waals surface area contributed by atoms with Crippen molar-refractivity contribution in [3.05, 3.63) is 47.4 Å². The van der Waals surface area contributed by atoms with Crippen LogP contribution in [0, 0.1) is 11.8 Å². The monoisotopic (exact) mass is 661 g/mol. The Balaban J connectivity index is 1.17. The zero-order chi connectivity index (χ0) is 32.4. The van der Waals surface area contributed by atoms with E-state index in [1.165, 1.54) is 22.5 Å². The van der Waals surface area contributed by atoms with E-state index < -0.39 is 19.9 Å². The summed E-state index contributed by atoms with van der Waals surface area (Å²) in [5.74, 6) is -0.217. The second kappa shape index (κ2) is 13.9. The number of fused-ring (bicyclic) bond motifs is 2. The summed E-state index contributed by atoms with van der Waals surface area (Å²) in [6, 6.07) is 7.26. The van der Waals surface area contributed by atoms with Crippen molar-refractivity contribution in [2.45, 2.75) is 77.5 Å². The molecular weight excluding hydrogens is 615 g/mol. The molecule has 46 heavy (non-hydrogen) atoms. The van der Waals surface area contributed by atoms with Crippen molar-refractivity contribution in [1.82, 2.24) is 29.5 Å². The Kier molecular flexibility index (Phi) is 9.88. The molecule has 2 aliphatic rings. The van der Waals surface area contributed by atoms with Crippen molar-refractivity contribution in [2.75, 3.05) is 38.6 Å². The lowest BCUT2D eigenvalue weighted by Crippen LogP contribution is -2.46. The molecule has 0 radical (unpaired) electrons. The molecule has 246 valence electrons. The number of nitrogens with one attached hydrogen (secondary N) is 1. The van der Waals surface area contributed by atoms with Gasteiger partial charge in [0.15, 0.2) is 0 Å². The predicted octanol–water partition coefficient (Wildman–Crippen LogP) is 6.18. The van der Waals surface area contributed by atoms with Crippen molar-refractivity contribution in [3.63, 3.8) is 0 Å². The highest BCUT2D eigenvalue weighted by Crippen LogP contribution is 2.36. The first-order chi connectivity index (χ1) is 22.0. The quantitative estimate of drug-likeness (QED) is 0.130. The molecule has 0 spiro atoms. The first-order valence-electron chi connectivity index (χ1n) is 16.6. The molecular formula is C34H47N7O3SSi. The summed E-state index contributed by atoms with van der Waals surface area (Å²) in [6.07, 6.45) is 10.2. The Morgan fingerprint density at radius 3 is 2.67 bits per heavy atom. The zero-order valence-electron chi connectivity index (χ0n) is 27.8. The minimum atomic E-state index is -1.22. The van der Waals surface area contributed by atoms with Crippen LogP contribution in [-0.4, -0.2) is 82.7 Å². The highest BCUT2D eigenvalue weighted by Gasteiger charge is 2.35. The van der Waals surface area contributed by atoms with Crippen molar-refractivity contribution < 1.29 is 14.3 Å². The fourth-order valence-corrected chi connectivity index (χ4v) is 8.41. The van der Waals surface area contributed by atoms with Crippen LogP contribution in [-0.2, 0) is 27.5 Å². The fraction of sp³-hybridized carbons (Fsp3) is 0.559. The third kappa shape index (κ3) is 7.67. The molecule has 2 aliphatic heterocycles. The van der Waals surface area contributed by atoms with Gasteiger partial charge < -0.3 is 19.9 Å². The lowest BCUT2D eigenvalue weighted by atomic mass is 9.89. The van der Waals surface area contributed by atoms with Gasteiger partial charge in [0.2, 0.25) is 0 Å². The van der Waals surface area contributed by atoms with Gasteiger partial charge in [0, 0.05) is 39.2 Å². The van der Waals surface area contributed by atoms with Gasteiger partial charge in [-0.15, -0.1) is 11.3 Å². The number of benzene rings is 1. The number of carbonyl (C=O) groups excluding carboxylic acids is 2. The lowest BCUT2D eigenvalue weighted by Gasteiger charge is -2.38. The first-order valence-corrected chi connectivity index (χ1v) is 21.1.